The summed E-state index contributed by atoms with van der Waals surface area (Å²) < 4.78 is 16.7. The molecule has 1 aromatic heterocycles. The Kier molecular flexibility index (Phi) is 4.93. The summed E-state index contributed by atoms with van der Waals surface area (Å²) in [5.41, 5.74) is 6.72. The first kappa shape index (κ1) is 19.0. The highest BCUT2D eigenvalue weighted by molar-refractivity contribution is 5.96. The molecule has 2 fully saturated rings. The van der Waals surface area contributed by atoms with Gasteiger partial charge in [0.05, 0.1) is 11.5 Å². The molecule has 2 N–H and O–H groups in total. The third-order valence-corrected chi connectivity index (χ3v) is 5.69. The van der Waals surface area contributed by atoms with E-state index in [0.717, 1.165) is 31.4 Å². The number of ether oxygens (including phenoxy) is 2. The molecule has 3 heterocycles. The molecule has 1 saturated carbocycles. The van der Waals surface area contributed by atoms with Crippen LogP contribution >= 0.6 is 12.4 Å². The van der Waals surface area contributed by atoms with E-state index in [1.165, 1.54) is 0 Å². The maximum atomic E-state index is 12.6. The van der Waals surface area contributed by atoms with Crippen molar-refractivity contribution in [1.29, 1.82) is 0 Å². The van der Waals surface area contributed by atoms with E-state index < -0.39 is 5.54 Å². The molecule has 1 aliphatic carbocycles. The molecule has 1 aromatic carbocycles. The van der Waals surface area contributed by atoms with E-state index in [1.54, 1.807) is 4.90 Å². The van der Waals surface area contributed by atoms with Crippen molar-refractivity contribution in [2.24, 2.45) is 5.73 Å². The Hall–Kier alpha value is -2.32. The monoisotopic (exact) mass is 406 g/mol. The molecule has 1 amide bonds. The molecule has 9 heteroatoms. The van der Waals surface area contributed by atoms with Crippen LogP contribution in [0.25, 0.3) is 0 Å². The number of amides is 1. The van der Waals surface area contributed by atoms with Crippen LogP contribution in [0.4, 0.5) is 5.69 Å². The van der Waals surface area contributed by atoms with Gasteiger partial charge in [0, 0.05) is 24.7 Å². The smallest absolute Gasteiger partial charge is 0.232 e. The van der Waals surface area contributed by atoms with Crippen molar-refractivity contribution < 1.29 is 18.8 Å². The first-order valence-electron chi connectivity index (χ1n) is 9.45. The van der Waals surface area contributed by atoms with Crippen LogP contribution in [0, 0.1) is 0 Å². The Morgan fingerprint density at radius 1 is 1.14 bits per heavy atom. The average molecular weight is 407 g/mol. The molecular formula is C19H23ClN4O4. The topological polar surface area (TPSA) is 104 Å². The second kappa shape index (κ2) is 7.25. The van der Waals surface area contributed by atoms with Gasteiger partial charge < -0.3 is 24.6 Å². The van der Waals surface area contributed by atoms with Crippen LogP contribution in [0.5, 0.6) is 11.5 Å². The van der Waals surface area contributed by atoms with Crippen LogP contribution in [-0.4, -0.2) is 35.8 Å². The van der Waals surface area contributed by atoms with Crippen molar-refractivity contribution in [3.05, 3.63) is 29.9 Å². The molecular weight excluding hydrogens is 384 g/mol. The molecule has 2 aliphatic heterocycles. The van der Waals surface area contributed by atoms with Crippen molar-refractivity contribution >= 4 is 24.0 Å². The Balaban J connectivity index is 0.00000192. The van der Waals surface area contributed by atoms with Crippen LogP contribution in [0.15, 0.2) is 22.7 Å². The van der Waals surface area contributed by atoms with Gasteiger partial charge in [-0.2, -0.15) is 4.98 Å². The van der Waals surface area contributed by atoms with Gasteiger partial charge in [-0.25, -0.2) is 0 Å². The molecule has 0 radical (unpaired) electrons. The number of nitrogens with two attached hydrogens (primary N) is 1. The first-order valence-corrected chi connectivity index (χ1v) is 9.45. The zero-order valence-corrected chi connectivity index (χ0v) is 16.2. The number of nitrogens with zero attached hydrogens (tertiary/aromatic N) is 3. The summed E-state index contributed by atoms with van der Waals surface area (Å²) in [5.74, 6) is 2.34. The first-order chi connectivity index (χ1) is 13.1. The molecule has 0 bridgehead atoms. The predicted molar refractivity (Wildman–Crippen MR) is 103 cm³/mol. The van der Waals surface area contributed by atoms with E-state index in [2.05, 4.69) is 10.1 Å². The Morgan fingerprint density at radius 3 is 2.68 bits per heavy atom. The highest BCUT2D eigenvalue weighted by Gasteiger charge is 2.39. The molecule has 5 rings (SSSR count). The Labute approximate surface area is 168 Å². The summed E-state index contributed by atoms with van der Waals surface area (Å²) in [4.78, 5) is 18.9. The van der Waals surface area contributed by atoms with E-state index >= 15 is 0 Å². The number of halogens is 1. The van der Waals surface area contributed by atoms with Crippen LogP contribution in [-0.2, 0) is 10.3 Å². The fourth-order valence-electron chi connectivity index (χ4n) is 4.16. The SMILES string of the molecule is Cl.NC1(c2noc(C3CC(=O)N(c4ccc5c(c4)OCCO5)C3)n2)CCCC1. The summed E-state index contributed by atoms with van der Waals surface area (Å²) >= 11 is 0. The zero-order valence-electron chi connectivity index (χ0n) is 15.4. The zero-order chi connectivity index (χ0) is 18.4. The number of carbonyl (C=O) groups excluding carboxylic acids is 1. The second-order valence-electron chi connectivity index (χ2n) is 7.55. The van der Waals surface area contributed by atoms with E-state index in [1.807, 2.05) is 18.2 Å². The molecule has 1 saturated heterocycles. The van der Waals surface area contributed by atoms with E-state index in [9.17, 15) is 4.79 Å². The normalized spacial score (nSPS) is 23.0. The quantitative estimate of drug-likeness (QED) is 0.834. The number of fused-ring (bicyclic) bond motifs is 1. The third kappa shape index (κ3) is 3.20. The van der Waals surface area contributed by atoms with Crippen LogP contribution in [0.1, 0.15) is 49.7 Å². The maximum absolute atomic E-state index is 12.6. The second-order valence-corrected chi connectivity index (χ2v) is 7.55. The lowest BCUT2D eigenvalue weighted by atomic mass is 9.98. The summed E-state index contributed by atoms with van der Waals surface area (Å²) in [6, 6.07) is 5.56. The lowest BCUT2D eigenvalue weighted by Gasteiger charge is -2.22. The number of benzene rings is 1. The molecule has 1 unspecified atom stereocenters. The minimum Gasteiger partial charge on any atom is -0.486 e. The maximum Gasteiger partial charge on any atom is 0.232 e. The van der Waals surface area contributed by atoms with Crippen LogP contribution in [0.3, 0.4) is 0 Å². The predicted octanol–water partition coefficient (Wildman–Crippen LogP) is 2.51. The number of hydrogen-bond acceptors (Lipinski definition) is 7. The summed E-state index contributed by atoms with van der Waals surface area (Å²) in [7, 11) is 0. The minimum atomic E-state index is -0.486. The van der Waals surface area contributed by atoms with Gasteiger partial charge in [0.2, 0.25) is 11.8 Å². The van der Waals surface area contributed by atoms with Crippen molar-refractivity contribution in [3.8, 4) is 11.5 Å². The van der Waals surface area contributed by atoms with Crippen LogP contribution < -0.4 is 20.1 Å². The van der Waals surface area contributed by atoms with Gasteiger partial charge in [0.25, 0.3) is 0 Å². The molecule has 28 heavy (non-hydrogen) atoms. The minimum absolute atomic E-state index is 0. The Bertz CT molecular complexity index is 881. The van der Waals surface area contributed by atoms with Gasteiger partial charge in [0.15, 0.2) is 17.3 Å². The van der Waals surface area contributed by atoms with Crippen molar-refractivity contribution in [2.75, 3.05) is 24.7 Å². The number of carbonyl (C=O) groups is 1. The van der Waals surface area contributed by atoms with E-state index in [0.29, 0.717) is 49.4 Å². The van der Waals surface area contributed by atoms with Crippen molar-refractivity contribution in [2.45, 2.75) is 43.6 Å². The lowest BCUT2D eigenvalue weighted by Crippen LogP contribution is -2.34. The standard InChI is InChI=1S/C19H22N4O4.ClH/c20-19(5-1-2-6-19)18-21-17(27-22-18)12-9-16(24)23(11-12)13-3-4-14-15(10-13)26-8-7-25-14;/h3-4,10,12H,1-2,5-9,11,20H2;1H. The molecule has 3 aliphatic rings. The van der Waals surface area contributed by atoms with Gasteiger partial charge in [0.1, 0.15) is 13.2 Å². The highest BCUT2D eigenvalue weighted by Crippen LogP contribution is 2.39. The van der Waals surface area contributed by atoms with Gasteiger partial charge in [-0.15, -0.1) is 12.4 Å². The fourth-order valence-corrected chi connectivity index (χ4v) is 4.16. The van der Waals surface area contributed by atoms with Gasteiger partial charge in [-0.3, -0.25) is 4.79 Å². The molecule has 1 atom stereocenters. The van der Waals surface area contributed by atoms with Crippen molar-refractivity contribution in [1.82, 2.24) is 10.1 Å². The van der Waals surface area contributed by atoms with E-state index in [-0.39, 0.29) is 24.2 Å². The third-order valence-electron chi connectivity index (χ3n) is 5.69. The number of anilines is 1. The summed E-state index contributed by atoms with van der Waals surface area (Å²) in [5, 5.41) is 4.12. The van der Waals surface area contributed by atoms with Crippen molar-refractivity contribution in [3.63, 3.8) is 0 Å². The average Bonchev–Trinajstić information content (AvgIpc) is 3.41. The largest absolute Gasteiger partial charge is 0.486 e. The molecule has 8 nitrogen and oxygen atoms in total. The highest BCUT2D eigenvalue weighted by atomic mass is 35.5. The molecule has 2 aromatic rings. The summed E-state index contributed by atoms with van der Waals surface area (Å²) in [6.45, 7) is 1.55. The number of aromatic nitrogens is 2. The number of hydrogen-bond donors (Lipinski definition) is 1. The van der Waals surface area contributed by atoms with Gasteiger partial charge >= 0.3 is 0 Å². The Morgan fingerprint density at radius 2 is 1.89 bits per heavy atom. The number of rotatable bonds is 3. The van der Waals surface area contributed by atoms with Gasteiger partial charge in [-0.1, -0.05) is 18.0 Å². The van der Waals surface area contributed by atoms with Crippen LogP contribution in [0.2, 0.25) is 0 Å². The molecule has 150 valence electrons. The lowest BCUT2D eigenvalue weighted by molar-refractivity contribution is -0.117. The molecule has 0 spiro atoms. The van der Waals surface area contributed by atoms with E-state index in [4.69, 9.17) is 19.7 Å². The fraction of sp³-hybridized carbons (Fsp3) is 0.526. The summed E-state index contributed by atoms with van der Waals surface area (Å²) in [6.07, 6.45) is 4.26. The van der Waals surface area contributed by atoms with Gasteiger partial charge in [-0.05, 0) is 25.0 Å².